The lowest BCUT2D eigenvalue weighted by Crippen LogP contribution is -2.45. The molecule has 10 heteroatoms. The first-order valence-electron chi connectivity index (χ1n) is 14.6. The third-order valence-electron chi connectivity index (χ3n) is 8.44. The maximum atomic E-state index is 15.2. The molecule has 224 valence electrons. The van der Waals surface area contributed by atoms with Gasteiger partial charge >= 0.3 is 5.97 Å². The lowest BCUT2D eigenvalue weighted by molar-refractivity contribution is -0.139. The highest BCUT2D eigenvalue weighted by atomic mass is 19.1. The number of carboxylic acid groups (broad SMARTS) is 1. The van der Waals surface area contributed by atoms with E-state index in [-0.39, 0.29) is 30.2 Å². The van der Waals surface area contributed by atoms with Gasteiger partial charge in [0.1, 0.15) is 30.7 Å². The minimum atomic E-state index is -0.926. The van der Waals surface area contributed by atoms with E-state index in [1.54, 1.807) is 21.9 Å². The molecular weight excluding hydrogens is 554 g/mol. The second-order valence-electron chi connectivity index (χ2n) is 11.2. The quantitative estimate of drug-likeness (QED) is 0.345. The molecule has 2 saturated heterocycles. The van der Waals surface area contributed by atoms with Crippen molar-refractivity contribution in [3.05, 3.63) is 77.0 Å². The van der Waals surface area contributed by atoms with Gasteiger partial charge in [0.2, 0.25) is 5.91 Å². The predicted molar refractivity (Wildman–Crippen MR) is 157 cm³/mol. The van der Waals surface area contributed by atoms with Crippen molar-refractivity contribution < 1.29 is 28.2 Å². The number of nitrogens with zero attached hydrogens (tertiary/aromatic N) is 4. The summed E-state index contributed by atoms with van der Waals surface area (Å²) in [5.41, 5.74) is 3.68. The van der Waals surface area contributed by atoms with Gasteiger partial charge in [0.15, 0.2) is 11.6 Å². The summed E-state index contributed by atoms with van der Waals surface area (Å²) in [4.78, 5) is 31.7. The zero-order valence-electron chi connectivity index (χ0n) is 24.1. The molecule has 0 radical (unpaired) electrons. The first kappa shape index (κ1) is 30.0. The van der Waals surface area contributed by atoms with Crippen LogP contribution in [-0.2, 0) is 16.2 Å². The number of hydrogen-bond acceptors (Lipinski definition) is 6. The van der Waals surface area contributed by atoms with Crippen LogP contribution in [0.2, 0.25) is 0 Å². The van der Waals surface area contributed by atoms with Gasteiger partial charge in [-0.25, -0.2) is 18.6 Å². The Balaban J connectivity index is 1.33. The Morgan fingerprint density at radius 3 is 2.58 bits per heavy atom. The van der Waals surface area contributed by atoms with Gasteiger partial charge in [0.25, 0.3) is 0 Å². The van der Waals surface area contributed by atoms with E-state index in [1.807, 2.05) is 25.1 Å². The van der Waals surface area contributed by atoms with E-state index in [1.165, 1.54) is 12.3 Å². The molecule has 2 fully saturated rings. The van der Waals surface area contributed by atoms with Crippen LogP contribution in [0.15, 0.2) is 48.7 Å². The molecule has 0 aliphatic carbocycles. The number of carbonyl (C=O) groups is 2. The summed E-state index contributed by atoms with van der Waals surface area (Å²) in [5, 5.41) is 18.5. The smallest absolute Gasteiger partial charge is 0.326 e. The van der Waals surface area contributed by atoms with Crippen LogP contribution in [0.4, 0.5) is 14.6 Å². The van der Waals surface area contributed by atoms with Crippen LogP contribution in [-0.4, -0.2) is 52.5 Å². The largest absolute Gasteiger partial charge is 0.485 e. The van der Waals surface area contributed by atoms with Crippen molar-refractivity contribution in [2.75, 3.05) is 24.5 Å². The number of halogens is 2. The Kier molecular flexibility index (Phi) is 9.19. The normalized spacial score (nSPS) is 17.4. The SMILES string of the molecule is Cc1cc(C2CCN(C(=O)CC#N)CC2)ccc1COc1c(F)cc(F)cc1-c1ccnc(N2CCCCC2C(=O)O)c1. The maximum absolute atomic E-state index is 15.2. The van der Waals surface area contributed by atoms with Gasteiger partial charge in [-0.1, -0.05) is 18.2 Å². The minimum Gasteiger partial charge on any atom is -0.485 e. The molecule has 2 aliphatic rings. The van der Waals surface area contributed by atoms with Crippen molar-refractivity contribution in [1.29, 1.82) is 5.26 Å². The second-order valence-corrected chi connectivity index (χ2v) is 11.2. The van der Waals surface area contributed by atoms with Gasteiger partial charge < -0.3 is 19.6 Å². The highest BCUT2D eigenvalue weighted by molar-refractivity contribution is 5.79. The van der Waals surface area contributed by atoms with Crippen molar-refractivity contribution in [3.8, 4) is 22.9 Å². The van der Waals surface area contributed by atoms with Gasteiger partial charge in [0.05, 0.1) is 6.07 Å². The number of ether oxygens (including phenoxy) is 1. The molecule has 3 heterocycles. The average Bonchev–Trinajstić information content (AvgIpc) is 3.01. The number of carboxylic acids is 1. The topological polar surface area (TPSA) is 107 Å². The number of aliphatic carboxylic acids is 1. The molecule has 2 aliphatic heterocycles. The van der Waals surface area contributed by atoms with Gasteiger partial charge in [-0.05, 0) is 85.4 Å². The van der Waals surface area contributed by atoms with Gasteiger partial charge in [0, 0.05) is 37.5 Å². The number of anilines is 1. The van der Waals surface area contributed by atoms with E-state index in [0.29, 0.717) is 43.4 Å². The number of rotatable bonds is 8. The molecule has 1 unspecified atom stereocenters. The summed E-state index contributed by atoms with van der Waals surface area (Å²) in [7, 11) is 0. The number of nitriles is 1. The van der Waals surface area contributed by atoms with Crippen LogP contribution in [0.5, 0.6) is 5.75 Å². The number of benzene rings is 2. The summed E-state index contributed by atoms with van der Waals surface area (Å²) >= 11 is 0. The van der Waals surface area contributed by atoms with Crippen LogP contribution >= 0.6 is 0 Å². The molecule has 0 spiro atoms. The lowest BCUT2D eigenvalue weighted by Gasteiger charge is -2.34. The molecule has 43 heavy (non-hydrogen) atoms. The van der Waals surface area contributed by atoms with Crippen LogP contribution in [0.1, 0.15) is 61.1 Å². The highest BCUT2D eigenvalue weighted by Gasteiger charge is 2.30. The Labute approximate surface area is 249 Å². The first-order valence-corrected chi connectivity index (χ1v) is 14.6. The molecule has 3 aromatic rings. The summed E-state index contributed by atoms with van der Waals surface area (Å²) in [6, 6.07) is 12.6. The fourth-order valence-electron chi connectivity index (χ4n) is 6.05. The monoisotopic (exact) mass is 588 g/mol. The Hall–Kier alpha value is -4.52. The molecule has 1 atom stereocenters. The third kappa shape index (κ3) is 6.77. The number of hydrogen-bond donors (Lipinski definition) is 1. The minimum absolute atomic E-state index is 0.0634. The molecule has 1 amide bonds. The number of aromatic nitrogens is 1. The molecule has 0 bridgehead atoms. The number of amides is 1. The second kappa shape index (κ2) is 13.2. The van der Waals surface area contributed by atoms with Crippen molar-refractivity contribution in [1.82, 2.24) is 9.88 Å². The van der Waals surface area contributed by atoms with Crippen molar-refractivity contribution in [2.24, 2.45) is 0 Å². The molecule has 8 nitrogen and oxygen atoms in total. The van der Waals surface area contributed by atoms with Gasteiger partial charge in [-0.2, -0.15) is 5.26 Å². The maximum Gasteiger partial charge on any atom is 0.326 e. The summed E-state index contributed by atoms with van der Waals surface area (Å²) in [6.07, 6.45) is 5.19. The van der Waals surface area contributed by atoms with E-state index < -0.39 is 23.6 Å². The molecular formula is C33H34F2N4O4. The highest BCUT2D eigenvalue weighted by Crippen LogP contribution is 2.37. The number of pyridine rings is 1. The van der Waals surface area contributed by atoms with Crippen molar-refractivity contribution in [2.45, 2.75) is 64.0 Å². The van der Waals surface area contributed by atoms with Gasteiger partial charge in [-0.15, -0.1) is 0 Å². The summed E-state index contributed by atoms with van der Waals surface area (Å²) in [5.74, 6) is -2.00. The zero-order chi connectivity index (χ0) is 30.5. The van der Waals surface area contributed by atoms with Crippen LogP contribution < -0.4 is 9.64 Å². The van der Waals surface area contributed by atoms with E-state index in [0.717, 1.165) is 48.4 Å². The van der Waals surface area contributed by atoms with E-state index in [9.17, 15) is 19.1 Å². The Morgan fingerprint density at radius 2 is 1.86 bits per heavy atom. The molecule has 0 saturated carbocycles. The summed E-state index contributed by atoms with van der Waals surface area (Å²) in [6.45, 7) is 3.79. The van der Waals surface area contributed by atoms with Crippen molar-refractivity contribution >= 4 is 17.7 Å². The van der Waals surface area contributed by atoms with Gasteiger partial charge in [-0.3, -0.25) is 4.79 Å². The lowest BCUT2D eigenvalue weighted by atomic mass is 9.87. The number of carbonyl (C=O) groups excluding carboxylic acids is 1. The van der Waals surface area contributed by atoms with Crippen molar-refractivity contribution in [3.63, 3.8) is 0 Å². The Morgan fingerprint density at radius 1 is 1.07 bits per heavy atom. The number of likely N-dealkylation sites (tertiary alicyclic amines) is 1. The van der Waals surface area contributed by atoms with E-state index in [2.05, 4.69) is 11.1 Å². The van der Waals surface area contributed by atoms with Crippen LogP contribution in [0.3, 0.4) is 0 Å². The van der Waals surface area contributed by atoms with Crippen LogP contribution in [0.25, 0.3) is 11.1 Å². The fourth-order valence-corrected chi connectivity index (χ4v) is 6.05. The first-order chi connectivity index (χ1) is 20.7. The fraction of sp³-hybridized carbons (Fsp3) is 0.394. The predicted octanol–water partition coefficient (Wildman–Crippen LogP) is 5.98. The summed E-state index contributed by atoms with van der Waals surface area (Å²) < 4.78 is 35.6. The standard InChI is InChI=1S/C33H34F2N4O4/c1-21-16-23(22-9-14-38(15-10-22)31(40)7-11-36)5-6-25(21)20-43-32-27(18-26(34)19-28(32)35)24-8-12-37-30(17-24)39-13-3-2-4-29(39)33(41)42/h5-6,8,12,16-19,22,29H,2-4,7,9-10,13-15,20H2,1H3,(H,41,42). The molecule has 1 aromatic heterocycles. The molecule has 5 rings (SSSR count). The zero-order valence-corrected chi connectivity index (χ0v) is 24.1. The van der Waals surface area contributed by atoms with E-state index >= 15 is 4.39 Å². The molecule has 1 N–H and O–H groups in total. The average molecular weight is 589 g/mol. The third-order valence-corrected chi connectivity index (χ3v) is 8.44. The van der Waals surface area contributed by atoms with Crippen LogP contribution in [0, 0.1) is 29.9 Å². The Bertz CT molecular complexity index is 1550. The van der Waals surface area contributed by atoms with E-state index in [4.69, 9.17) is 10.00 Å². The molecule has 2 aromatic carbocycles. The number of piperidine rings is 2. The number of aryl methyl sites for hydroxylation is 1.